The Labute approximate surface area is 151 Å². The summed E-state index contributed by atoms with van der Waals surface area (Å²) in [6.45, 7) is 0. The summed E-state index contributed by atoms with van der Waals surface area (Å²) in [7, 11) is 0. The maximum atomic E-state index is 12.5. The van der Waals surface area contributed by atoms with Gasteiger partial charge in [-0.1, -0.05) is 18.2 Å². The number of fused-ring (bicyclic) bond motifs is 3. The average molecular weight is 375 g/mol. The molecule has 0 fully saturated rings. The van der Waals surface area contributed by atoms with Gasteiger partial charge in [-0.15, -0.1) is 11.3 Å². The summed E-state index contributed by atoms with van der Waals surface area (Å²) in [5, 5.41) is 4.02. The Balaban J connectivity index is 1.97. The van der Waals surface area contributed by atoms with Crippen LogP contribution < -0.4 is 16.6 Å². The summed E-state index contributed by atoms with van der Waals surface area (Å²) in [5.41, 5.74) is 5.85. The minimum absolute atomic E-state index is 0.238. The van der Waals surface area contributed by atoms with Crippen molar-refractivity contribution in [3.05, 3.63) is 45.6 Å². The molecule has 0 saturated carbocycles. The second kappa shape index (κ2) is 7.28. The molecule has 3 aromatic rings. The van der Waals surface area contributed by atoms with Gasteiger partial charge in [-0.2, -0.15) is 11.8 Å². The van der Waals surface area contributed by atoms with Gasteiger partial charge in [0, 0.05) is 15.6 Å². The number of primary amides is 1. The van der Waals surface area contributed by atoms with Crippen molar-refractivity contribution >= 4 is 55.9 Å². The van der Waals surface area contributed by atoms with E-state index >= 15 is 0 Å². The van der Waals surface area contributed by atoms with Crippen LogP contribution in [0, 0.1) is 0 Å². The van der Waals surface area contributed by atoms with Crippen LogP contribution in [0.15, 0.2) is 35.1 Å². The first-order valence-corrected chi connectivity index (χ1v) is 9.86. The highest BCUT2D eigenvalue weighted by atomic mass is 32.2. The lowest BCUT2D eigenvalue weighted by molar-refractivity contribution is -0.119. The summed E-state index contributed by atoms with van der Waals surface area (Å²) in [6, 6.07) is 8.28. The number of nitrogens with one attached hydrogen (secondary N) is 2. The maximum absolute atomic E-state index is 12.5. The smallest absolute Gasteiger partial charge is 0.262 e. The van der Waals surface area contributed by atoms with E-state index in [0.717, 1.165) is 15.6 Å². The molecule has 25 heavy (non-hydrogen) atoms. The minimum atomic E-state index is -0.722. The van der Waals surface area contributed by atoms with Crippen LogP contribution in [-0.2, 0) is 4.79 Å². The van der Waals surface area contributed by atoms with Gasteiger partial charge in [0.15, 0.2) is 0 Å². The van der Waals surface area contributed by atoms with Crippen molar-refractivity contribution < 1.29 is 9.59 Å². The average Bonchev–Trinajstić information content (AvgIpc) is 3.04. The number of pyridine rings is 1. The van der Waals surface area contributed by atoms with Gasteiger partial charge in [-0.25, -0.2) is 0 Å². The number of hydrogen-bond acceptors (Lipinski definition) is 5. The molecule has 0 saturated heterocycles. The Morgan fingerprint density at radius 2 is 2.08 bits per heavy atom. The van der Waals surface area contributed by atoms with Crippen molar-refractivity contribution in [1.29, 1.82) is 0 Å². The Kier molecular flexibility index (Phi) is 5.10. The minimum Gasteiger partial charge on any atom is -0.368 e. The van der Waals surface area contributed by atoms with E-state index in [1.807, 2.05) is 30.5 Å². The van der Waals surface area contributed by atoms with Gasteiger partial charge in [0.2, 0.25) is 5.91 Å². The van der Waals surface area contributed by atoms with Gasteiger partial charge < -0.3 is 16.0 Å². The summed E-state index contributed by atoms with van der Waals surface area (Å²) in [6.07, 6.45) is 2.39. The molecule has 2 aromatic heterocycles. The van der Waals surface area contributed by atoms with E-state index < -0.39 is 17.9 Å². The monoisotopic (exact) mass is 375 g/mol. The van der Waals surface area contributed by atoms with Crippen LogP contribution in [0.5, 0.6) is 0 Å². The summed E-state index contributed by atoms with van der Waals surface area (Å²) in [4.78, 5) is 39.5. The van der Waals surface area contributed by atoms with E-state index in [0.29, 0.717) is 22.4 Å². The molecule has 6 nitrogen and oxygen atoms in total. The molecule has 0 aliphatic heterocycles. The number of benzene rings is 1. The van der Waals surface area contributed by atoms with Crippen molar-refractivity contribution in [2.45, 2.75) is 12.5 Å². The van der Waals surface area contributed by atoms with Gasteiger partial charge in [0.1, 0.15) is 6.04 Å². The van der Waals surface area contributed by atoms with Crippen LogP contribution in [0.1, 0.15) is 16.1 Å². The van der Waals surface area contributed by atoms with E-state index in [-0.39, 0.29) is 5.56 Å². The predicted molar refractivity (Wildman–Crippen MR) is 103 cm³/mol. The zero-order valence-electron chi connectivity index (χ0n) is 13.5. The van der Waals surface area contributed by atoms with E-state index in [1.165, 1.54) is 11.3 Å². The topological polar surface area (TPSA) is 105 Å². The lowest BCUT2D eigenvalue weighted by Gasteiger charge is -2.13. The van der Waals surface area contributed by atoms with E-state index in [1.54, 1.807) is 17.8 Å². The zero-order valence-corrected chi connectivity index (χ0v) is 15.1. The number of para-hydroxylation sites is 1. The maximum Gasteiger partial charge on any atom is 0.262 e. The molecule has 1 aromatic carbocycles. The number of thiophene rings is 1. The molecule has 2 amide bonds. The fourth-order valence-corrected chi connectivity index (χ4v) is 4.17. The van der Waals surface area contributed by atoms with Gasteiger partial charge in [-0.05, 0) is 30.6 Å². The van der Waals surface area contributed by atoms with Gasteiger partial charge in [0.25, 0.3) is 11.5 Å². The molecule has 0 spiro atoms. The number of rotatable bonds is 6. The molecule has 0 aliphatic carbocycles. The normalized spacial score (nSPS) is 12.4. The van der Waals surface area contributed by atoms with Crippen LogP contribution in [0.25, 0.3) is 21.0 Å². The van der Waals surface area contributed by atoms with E-state index in [4.69, 9.17) is 5.73 Å². The molecule has 130 valence electrons. The van der Waals surface area contributed by atoms with Gasteiger partial charge in [-0.3, -0.25) is 14.4 Å². The van der Waals surface area contributed by atoms with Crippen LogP contribution >= 0.6 is 23.1 Å². The third kappa shape index (κ3) is 3.54. The first-order valence-electron chi connectivity index (χ1n) is 7.65. The number of nitrogens with two attached hydrogens (primary N) is 1. The molecular weight excluding hydrogens is 358 g/mol. The highest BCUT2D eigenvalue weighted by molar-refractivity contribution is 7.98. The summed E-state index contributed by atoms with van der Waals surface area (Å²) in [5.74, 6) is -0.244. The zero-order chi connectivity index (χ0) is 18.0. The Morgan fingerprint density at radius 3 is 2.80 bits per heavy atom. The number of hydrogen-bond donors (Lipinski definition) is 3. The van der Waals surface area contributed by atoms with Crippen LogP contribution in [0.3, 0.4) is 0 Å². The summed E-state index contributed by atoms with van der Waals surface area (Å²) < 4.78 is 0.754. The van der Waals surface area contributed by atoms with Crippen molar-refractivity contribution in [3.63, 3.8) is 0 Å². The molecular formula is C17H17N3O3S2. The second-order valence-electron chi connectivity index (χ2n) is 5.56. The first kappa shape index (κ1) is 17.5. The molecule has 3 rings (SSSR count). The predicted octanol–water partition coefficient (Wildman–Crippen LogP) is 2.08. The summed E-state index contributed by atoms with van der Waals surface area (Å²) >= 11 is 2.81. The SMILES string of the molecule is CSCCC(NC(=O)c1cc2c(=O)[nH]c3ccccc3c2s1)C(N)=O. The second-order valence-corrected chi connectivity index (χ2v) is 7.60. The molecule has 0 radical (unpaired) electrons. The Hall–Kier alpha value is -2.32. The number of amides is 2. The van der Waals surface area contributed by atoms with Crippen molar-refractivity contribution in [3.8, 4) is 0 Å². The fourth-order valence-electron chi connectivity index (χ4n) is 2.60. The molecule has 8 heteroatoms. The molecule has 0 aliphatic rings. The molecule has 0 bridgehead atoms. The lowest BCUT2D eigenvalue weighted by Crippen LogP contribution is -2.44. The highest BCUT2D eigenvalue weighted by Gasteiger charge is 2.21. The van der Waals surface area contributed by atoms with Gasteiger partial charge >= 0.3 is 0 Å². The lowest BCUT2D eigenvalue weighted by atomic mass is 10.2. The highest BCUT2D eigenvalue weighted by Crippen LogP contribution is 2.29. The van der Waals surface area contributed by atoms with Crippen LogP contribution in [-0.4, -0.2) is 34.8 Å². The number of thioether (sulfide) groups is 1. The molecule has 1 unspecified atom stereocenters. The third-order valence-electron chi connectivity index (χ3n) is 3.88. The Bertz CT molecular complexity index is 1010. The quantitative estimate of drug-likeness (QED) is 0.613. The number of aromatic nitrogens is 1. The van der Waals surface area contributed by atoms with Crippen molar-refractivity contribution in [1.82, 2.24) is 10.3 Å². The molecule has 1 atom stereocenters. The van der Waals surface area contributed by atoms with Gasteiger partial charge in [0.05, 0.1) is 10.3 Å². The Morgan fingerprint density at radius 1 is 1.32 bits per heavy atom. The van der Waals surface area contributed by atoms with Crippen molar-refractivity contribution in [2.24, 2.45) is 5.73 Å². The molecule has 2 heterocycles. The fraction of sp³-hybridized carbons (Fsp3) is 0.235. The van der Waals surface area contributed by atoms with E-state index in [2.05, 4.69) is 10.3 Å². The van der Waals surface area contributed by atoms with Crippen molar-refractivity contribution in [2.75, 3.05) is 12.0 Å². The molecule has 4 N–H and O–H groups in total. The standard InChI is InChI=1S/C17H17N3O3S2/c1-24-7-6-12(15(18)21)20-17(23)13-8-10-14(25-13)9-4-2-3-5-11(9)19-16(10)22/h2-5,8,12H,6-7H2,1H3,(H2,18,21)(H,19,22)(H,20,23). The number of carbonyl (C=O) groups excluding carboxylic acids is 2. The van der Waals surface area contributed by atoms with E-state index in [9.17, 15) is 14.4 Å². The third-order valence-corrected chi connectivity index (χ3v) is 5.69. The number of carbonyl (C=O) groups is 2. The number of aromatic amines is 1. The largest absolute Gasteiger partial charge is 0.368 e. The first-order chi connectivity index (χ1) is 12.0. The van der Waals surface area contributed by atoms with Crippen LogP contribution in [0.4, 0.5) is 0 Å². The number of H-pyrrole nitrogens is 1. The van der Waals surface area contributed by atoms with Crippen LogP contribution in [0.2, 0.25) is 0 Å².